The molecule has 5 rings (SSSR count). The first-order chi connectivity index (χ1) is 20.4. The minimum Gasteiger partial charge on any atom is -0.497 e. The molecule has 0 aromatic heterocycles. The van der Waals surface area contributed by atoms with Gasteiger partial charge in [-0.05, 0) is 64.4 Å². The molecular formula is C34H32N2O4S2. The fourth-order valence-corrected chi connectivity index (χ4v) is 6.64. The van der Waals surface area contributed by atoms with Gasteiger partial charge in [-0.15, -0.1) is 11.8 Å². The molecule has 5 aromatic rings. The molecule has 0 aliphatic rings. The summed E-state index contributed by atoms with van der Waals surface area (Å²) in [6, 6.07) is 37.7. The van der Waals surface area contributed by atoms with Gasteiger partial charge in [0.2, 0.25) is 0 Å². The lowest BCUT2D eigenvalue weighted by Crippen LogP contribution is -2.30. The summed E-state index contributed by atoms with van der Waals surface area (Å²) in [6.07, 6.45) is 0. The van der Waals surface area contributed by atoms with Gasteiger partial charge < -0.3 is 4.74 Å². The summed E-state index contributed by atoms with van der Waals surface area (Å²) in [4.78, 5) is 16.6. The summed E-state index contributed by atoms with van der Waals surface area (Å²) in [5.74, 6) is 1.06. The van der Waals surface area contributed by atoms with E-state index >= 15 is 0 Å². The molecule has 0 spiro atoms. The highest BCUT2D eigenvalue weighted by Crippen LogP contribution is 2.22. The number of amides is 1. The molecule has 0 bridgehead atoms. The SMILES string of the molecule is COc1cccc(CN(CCSc2ccccc2)Cc2ccc(S(=O)(=O)NC(=O)c3cccc4ccccc34)cc2)c1. The van der Waals surface area contributed by atoms with Crippen LogP contribution in [0.1, 0.15) is 21.5 Å². The van der Waals surface area contributed by atoms with Crippen molar-refractivity contribution in [2.24, 2.45) is 0 Å². The van der Waals surface area contributed by atoms with Gasteiger partial charge >= 0.3 is 0 Å². The van der Waals surface area contributed by atoms with Gasteiger partial charge in [0, 0.05) is 35.8 Å². The Morgan fingerprint density at radius 2 is 1.48 bits per heavy atom. The fraction of sp³-hybridized carbons (Fsp3) is 0.147. The summed E-state index contributed by atoms with van der Waals surface area (Å²) in [7, 11) is -2.39. The first-order valence-corrected chi connectivity index (χ1v) is 16.1. The van der Waals surface area contributed by atoms with Gasteiger partial charge in [0.15, 0.2) is 0 Å². The van der Waals surface area contributed by atoms with Crippen molar-refractivity contribution in [2.45, 2.75) is 22.9 Å². The van der Waals surface area contributed by atoms with Gasteiger partial charge in [-0.3, -0.25) is 9.69 Å². The highest BCUT2D eigenvalue weighted by molar-refractivity contribution is 7.99. The normalized spacial score (nSPS) is 11.5. The molecule has 0 aliphatic heterocycles. The van der Waals surface area contributed by atoms with Gasteiger partial charge in [0.05, 0.1) is 12.0 Å². The third kappa shape index (κ3) is 7.59. The Morgan fingerprint density at radius 3 is 2.26 bits per heavy atom. The zero-order valence-electron chi connectivity index (χ0n) is 23.3. The summed E-state index contributed by atoms with van der Waals surface area (Å²) in [6.45, 7) is 2.18. The zero-order chi connectivity index (χ0) is 29.4. The number of carbonyl (C=O) groups excluding carboxylic acids is 1. The van der Waals surface area contributed by atoms with Gasteiger partial charge in [-0.25, -0.2) is 13.1 Å². The van der Waals surface area contributed by atoms with Crippen molar-refractivity contribution in [1.29, 1.82) is 0 Å². The van der Waals surface area contributed by atoms with E-state index in [1.165, 1.54) is 4.90 Å². The van der Waals surface area contributed by atoms with Gasteiger partial charge in [0.1, 0.15) is 5.75 Å². The lowest BCUT2D eigenvalue weighted by atomic mass is 10.0. The number of hydrogen-bond donors (Lipinski definition) is 1. The molecule has 214 valence electrons. The summed E-state index contributed by atoms with van der Waals surface area (Å²) in [5.41, 5.74) is 2.42. The molecule has 0 saturated heterocycles. The summed E-state index contributed by atoms with van der Waals surface area (Å²) in [5, 5.41) is 1.57. The maximum absolute atomic E-state index is 13.1. The van der Waals surface area contributed by atoms with Crippen LogP contribution < -0.4 is 9.46 Å². The average Bonchev–Trinajstić information content (AvgIpc) is 3.01. The molecule has 1 amide bonds. The van der Waals surface area contributed by atoms with Gasteiger partial charge in [-0.2, -0.15) is 0 Å². The van der Waals surface area contributed by atoms with E-state index in [1.807, 2.05) is 60.7 Å². The number of sulfonamides is 1. The Balaban J connectivity index is 1.28. The second kappa shape index (κ2) is 13.7. The van der Waals surface area contributed by atoms with Crippen LogP contribution in [0.5, 0.6) is 5.75 Å². The van der Waals surface area contributed by atoms with Crippen molar-refractivity contribution in [3.05, 3.63) is 138 Å². The van der Waals surface area contributed by atoms with Gasteiger partial charge in [-0.1, -0.05) is 78.9 Å². The molecule has 8 heteroatoms. The van der Waals surface area contributed by atoms with Crippen molar-refractivity contribution < 1.29 is 17.9 Å². The molecule has 1 N–H and O–H groups in total. The molecule has 5 aromatic carbocycles. The van der Waals surface area contributed by atoms with E-state index in [-0.39, 0.29) is 4.90 Å². The van der Waals surface area contributed by atoms with Crippen LogP contribution >= 0.6 is 11.8 Å². The van der Waals surface area contributed by atoms with Crippen LogP contribution in [-0.2, 0) is 23.1 Å². The zero-order valence-corrected chi connectivity index (χ0v) is 24.9. The number of carbonyl (C=O) groups is 1. The number of fused-ring (bicyclic) bond motifs is 1. The van der Waals surface area contributed by atoms with E-state index in [0.29, 0.717) is 24.0 Å². The lowest BCUT2D eigenvalue weighted by Gasteiger charge is -2.23. The topological polar surface area (TPSA) is 75.7 Å². The van der Waals surface area contributed by atoms with Crippen LogP contribution in [0, 0.1) is 0 Å². The molecular weight excluding hydrogens is 565 g/mol. The number of nitrogens with one attached hydrogen (secondary N) is 1. The summed E-state index contributed by atoms with van der Waals surface area (Å²) >= 11 is 1.80. The smallest absolute Gasteiger partial charge is 0.265 e. The number of benzene rings is 5. The number of methoxy groups -OCH3 is 1. The fourth-order valence-electron chi connectivity index (χ4n) is 4.74. The number of rotatable bonds is 12. The largest absolute Gasteiger partial charge is 0.497 e. The van der Waals surface area contributed by atoms with Gasteiger partial charge in [0.25, 0.3) is 15.9 Å². The lowest BCUT2D eigenvalue weighted by molar-refractivity contribution is 0.0983. The maximum Gasteiger partial charge on any atom is 0.265 e. The Kier molecular flexibility index (Phi) is 9.59. The highest BCUT2D eigenvalue weighted by Gasteiger charge is 2.20. The second-order valence-electron chi connectivity index (χ2n) is 9.83. The minimum absolute atomic E-state index is 0.0406. The first kappa shape index (κ1) is 29.4. The minimum atomic E-state index is -4.05. The molecule has 0 radical (unpaired) electrons. The number of nitrogens with zero attached hydrogens (tertiary/aromatic N) is 1. The van der Waals surface area contributed by atoms with E-state index in [1.54, 1.807) is 61.3 Å². The third-order valence-corrected chi connectivity index (χ3v) is 9.20. The van der Waals surface area contributed by atoms with Crippen LogP contribution in [0.2, 0.25) is 0 Å². The molecule has 6 nitrogen and oxygen atoms in total. The van der Waals surface area contributed by atoms with E-state index in [4.69, 9.17) is 4.74 Å². The quantitative estimate of drug-likeness (QED) is 0.160. The Labute approximate surface area is 251 Å². The van der Waals surface area contributed by atoms with Crippen molar-refractivity contribution in [1.82, 2.24) is 9.62 Å². The number of thioether (sulfide) groups is 1. The molecule has 0 unspecified atom stereocenters. The average molecular weight is 597 g/mol. The second-order valence-corrected chi connectivity index (χ2v) is 12.7. The van der Waals surface area contributed by atoms with Crippen molar-refractivity contribution in [3.8, 4) is 5.75 Å². The van der Waals surface area contributed by atoms with Crippen molar-refractivity contribution >= 4 is 38.5 Å². The molecule has 0 heterocycles. The molecule has 0 aliphatic carbocycles. The van der Waals surface area contributed by atoms with E-state index < -0.39 is 15.9 Å². The standard InChI is InChI=1S/C34H32N2O4S2/c1-40-29-12-7-9-27(23-29)25-36(21-22-41-30-13-3-2-4-14-30)24-26-17-19-31(20-18-26)42(38,39)35-34(37)33-16-8-11-28-10-5-6-15-32(28)33/h2-20,23H,21-22,24-25H2,1H3,(H,35,37). The Morgan fingerprint density at radius 1 is 0.786 bits per heavy atom. The van der Waals surface area contributed by atoms with Crippen molar-refractivity contribution in [3.63, 3.8) is 0 Å². The predicted molar refractivity (Wildman–Crippen MR) is 169 cm³/mol. The van der Waals surface area contributed by atoms with Crippen LogP contribution in [0.15, 0.2) is 131 Å². The molecule has 0 fully saturated rings. The highest BCUT2D eigenvalue weighted by atomic mass is 32.2. The molecule has 42 heavy (non-hydrogen) atoms. The first-order valence-electron chi connectivity index (χ1n) is 13.6. The summed E-state index contributed by atoms with van der Waals surface area (Å²) < 4.78 is 33.9. The maximum atomic E-state index is 13.1. The van der Waals surface area contributed by atoms with Crippen LogP contribution in [0.3, 0.4) is 0 Å². The van der Waals surface area contributed by atoms with Crippen LogP contribution in [0.4, 0.5) is 0 Å². The van der Waals surface area contributed by atoms with E-state index in [0.717, 1.165) is 34.6 Å². The van der Waals surface area contributed by atoms with Crippen LogP contribution in [0.25, 0.3) is 10.8 Å². The Bertz CT molecular complexity index is 1750. The van der Waals surface area contributed by atoms with Crippen LogP contribution in [-0.4, -0.2) is 38.6 Å². The molecule has 0 atom stereocenters. The van der Waals surface area contributed by atoms with Crippen molar-refractivity contribution in [2.75, 3.05) is 19.4 Å². The number of ether oxygens (including phenoxy) is 1. The van der Waals surface area contributed by atoms with E-state index in [9.17, 15) is 13.2 Å². The van der Waals surface area contributed by atoms with E-state index in [2.05, 4.69) is 27.8 Å². The number of hydrogen-bond acceptors (Lipinski definition) is 6. The Hall–Kier alpha value is -4.11. The molecule has 0 saturated carbocycles. The predicted octanol–water partition coefficient (Wildman–Crippen LogP) is 6.76. The third-order valence-electron chi connectivity index (χ3n) is 6.86. The monoisotopic (exact) mass is 596 g/mol.